The van der Waals surface area contributed by atoms with Crippen LogP contribution in [-0.2, 0) is 0 Å². The number of ether oxygens (including phenoxy) is 1. The van der Waals surface area contributed by atoms with Gasteiger partial charge in [-0.05, 0) is 31.2 Å². The number of hydrogen-bond donors (Lipinski definition) is 1. The molecule has 18 heavy (non-hydrogen) atoms. The Balaban J connectivity index is 2.34. The fourth-order valence-corrected chi connectivity index (χ4v) is 1.94. The van der Waals surface area contributed by atoms with Gasteiger partial charge in [0, 0.05) is 22.8 Å². The van der Waals surface area contributed by atoms with Crippen LogP contribution in [0.3, 0.4) is 0 Å². The Morgan fingerprint density at radius 3 is 2.72 bits per heavy atom. The van der Waals surface area contributed by atoms with Crippen LogP contribution < -0.4 is 10.5 Å². The second-order valence-electron chi connectivity index (χ2n) is 3.86. The summed E-state index contributed by atoms with van der Waals surface area (Å²) in [6.45, 7) is 1.87. The zero-order valence-electron chi connectivity index (χ0n) is 9.73. The molecular weight excluding hydrogens is 271 g/mol. The molecule has 2 rings (SSSR count). The first-order valence-corrected chi connectivity index (χ1v) is 6.17. The predicted molar refractivity (Wildman–Crippen MR) is 73.4 cm³/mol. The van der Waals surface area contributed by atoms with Crippen molar-refractivity contribution in [3.05, 3.63) is 52.1 Å². The van der Waals surface area contributed by atoms with E-state index in [1.807, 2.05) is 19.1 Å². The topological polar surface area (TPSA) is 48.1 Å². The molecule has 2 aromatic rings. The van der Waals surface area contributed by atoms with Crippen molar-refractivity contribution < 1.29 is 4.74 Å². The zero-order chi connectivity index (χ0) is 13.1. The van der Waals surface area contributed by atoms with Crippen LogP contribution in [0.15, 0.2) is 36.5 Å². The number of nitrogens with zero attached hydrogens (tertiary/aromatic N) is 1. The highest BCUT2D eigenvalue weighted by Gasteiger charge is 2.11. The van der Waals surface area contributed by atoms with Crippen molar-refractivity contribution in [1.29, 1.82) is 0 Å². The molecule has 0 aliphatic rings. The lowest BCUT2D eigenvalue weighted by atomic mass is 10.1. The molecule has 5 heteroatoms. The van der Waals surface area contributed by atoms with Crippen LogP contribution in [-0.4, -0.2) is 4.98 Å². The number of hydrogen-bond acceptors (Lipinski definition) is 3. The van der Waals surface area contributed by atoms with Gasteiger partial charge in [-0.25, -0.2) is 4.98 Å². The molecule has 3 nitrogen and oxygen atoms in total. The van der Waals surface area contributed by atoms with E-state index >= 15 is 0 Å². The van der Waals surface area contributed by atoms with Gasteiger partial charge in [0.2, 0.25) is 5.88 Å². The van der Waals surface area contributed by atoms with Crippen LogP contribution in [0.1, 0.15) is 18.5 Å². The highest BCUT2D eigenvalue weighted by Crippen LogP contribution is 2.33. The van der Waals surface area contributed by atoms with Gasteiger partial charge < -0.3 is 10.5 Å². The summed E-state index contributed by atoms with van der Waals surface area (Å²) < 4.78 is 5.67. The van der Waals surface area contributed by atoms with Gasteiger partial charge in [0.1, 0.15) is 5.75 Å². The molecule has 1 aromatic heterocycles. The van der Waals surface area contributed by atoms with Gasteiger partial charge in [-0.2, -0.15) is 0 Å². The first-order valence-electron chi connectivity index (χ1n) is 5.41. The van der Waals surface area contributed by atoms with E-state index in [1.54, 1.807) is 24.4 Å². The van der Waals surface area contributed by atoms with Crippen molar-refractivity contribution in [2.24, 2.45) is 5.73 Å². The van der Waals surface area contributed by atoms with Crippen LogP contribution in [0.4, 0.5) is 0 Å². The highest BCUT2D eigenvalue weighted by atomic mass is 35.5. The third-order valence-corrected chi connectivity index (χ3v) is 2.92. The Morgan fingerprint density at radius 1 is 1.28 bits per heavy atom. The number of pyridine rings is 1. The molecule has 0 aliphatic heterocycles. The van der Waals surface area contributed by atoms with Crippen molar-refractivity contribution in [2.75, 3.05) is 0 Å². The minimum Gasteiger partial charge on any atom is -0.437 e. The van der Waals surface area contributed by atoms with E-state index in [4.69, 9.17) is 33.7 Å². The zero-order valence-corrected chi connectivity index (χ0v) is 11.2. The summed E-state index contributed by atoms with van der Waals surface area (Å²) >= 11 is 11.9. The smallest absolute Gasteiger partial charge is 0.224 e. The molecule has 0 aliphatic carbocycles. The lowest BCUT2D eigenvalue weighted by Gasteiger charge is -2.13. The summed E-state index contributed by atoms with van der Waals surface area (Å²) in [5.74, 6) is 0.957. The standard InChI is InChI=1S/C13H12Cl2N2O/c1-8(16)10-3-2-6-17-13(10)18-12-5-4-9(14)7-11(12)15/h2-8H,16H2,1H3/t8-/m0/s1. The van der Waals surface area contributed by atoms with Gasteiger partial charge in [0.15, 0.2) is 0 Å². The Hall–Kier alpha value is -1.29. The lowest BCUT2D eigenvalue weighted by molar-refractivity contribution is 0.452. The molecule has 1 heterocycles. The van der Waals surface area contributed by atoms with Crippen LogP contribution >= 0.6 is 23.2 Å². The maximum Gasteiger partial charge on any atom is 0.224 e. The summed E-state index contributed by atoms with van der Waals surface area (Å²) in [7, 11) is 0. The maximum atomic E-state index is 6.04. The third-order valence-electron chi connectivity index (χ3n) is 2.39. The van der Waals surface area contributed by atoms with Crippen molar-refractivity contribution in [2.45, 2.75) is 13.0 Å². The van der Waals surface area contributed by atoms with Gasteiger partial charge in [-0.15, -0.1) is 0 Å². The average molecular weight is 283 g/mol. The van der Waals surface area contributed by atoms with Crippen molar-refractivity contribution in [3.63, 3.8) is 0 Å². The monoisotopic (exact) mass is 282 g/mol. The van der Waals surface area contributed by atoms with Gasteiger partial charge in [0.05, 0.1) is 5.02 Å². The van der Waals surface area contributed by atoms with E-state index in [1.165, 1.54) is 0 Å². The second-order valence-corrected chi connectivity index (χ2v) is 4.71. The summed E-state index contributed by atoms with van der Waals surface area (Å²) in [6, 6.07) is 8.54. The number of rotatable bonds is 3. The molecule has 0 radical (unpaired) electrons. The van der Waals surface area contributed by atoms with Gasteiger partial charge >= 0.3 is 0 Å². The third kappa shape index (κ3) is 2.93. The average Bonchev–Trinajstić information content (AvgIpc) is 2.33. The van der Waals surface area contributed by atoms with Crippen LogP contribution in [0.5, 0.6) is 11.6 Å². The first-order chi connectivity index (χ1) is 8.58. The normalized spacial score (nSPS) is 12.2. The van der Waals surface area contributed by atoms with E-state index in [-0.39, 0.29) is 6.04 Å². The minimum atomic E-state index is -0.167. The fourth-order valence-electron chi connectivity index (χ4n) is 1.50. The Morgan fingerprint density at radius 2 is 2.06 bits per heavy atom. The quantitative estimate of drug-likeness (QED) is 0.918. The molecule has 0 saturated heterocycles. The number of aromatic nitrogens is 1. The molecule has 1 atom stereocenters. The molecule has 0 saturated carbocycles. The highest BCUT2D eigenvalue weighted by molar-refractivity contribution is 6.35. The van der Waals surface area contributed by atoms with Crippen molar-refractivity contribution in [3.8, 4) is 11.6 Å². The summed E-state index contributed by atoms with van der Waals surface area (Å²) in [5.41, 5.74) is 6.68. The number of halogens is 2. The molecular formula is C13H12Cl2N2O. The van der Waals surface area contributed by atoms with Crippen LogP contribution in [0.25, 0.3) is 0 Å². The summed E-state index contributed by atoms with van der Waals surface area (Å²) in [5, 5.41) is 0.990. The SMILES string of the molecule is C[C@H](N)c1cccnc1Oc1ccc(Cl)cc1Cl. The largest absolute Gasteiger partial charge is 0.437 e. The molecule has 0 fully saturated rings. The van der Waals surface area contributed by atoms with Crippen molar-refractivity contribution in [1.82, 2.24) is 4.98 Å². The molecule has 0 unspecified atom stereocenters. The number of benzene rings is 1. The van der Waals surface area contributed by atoms with Gasteiger partial charge in [-0.1, -0.05) is 29.3 Å². The summed E-state index contributed by atoms with van der Waals surface area (Å²) in [4.78, 5) is 4.16. The molecule has 0 bridgehead atoms. The predicted octanol–water partition coefficient (Wildman–Crippen LogP) is 4.20. The fraction of sp³-hybridized carbons (Fsp3) is 0.154. The molecule has 0 amide bonds. The van der Waals surface area contributed by atoms with Crippen LogP contribution in [0.2, 0.25) is 10.0 Å². The lowest BCUT2D eigenvalue weighted by Crippen LogP contribution is -2.07. The van der Waals surface area contributed by atoms with E-state index in [0.717, 1.165) is 5.56 Å². The first kappa shape index (κ1) is 13.1. The maximum absolute atomic E-state index is 6.04. The van der Waals surface area contributed by atoms with Crippen LogP contribution in [0, 0.1) is 0 Å². The summed E-state index contributed by atoms with van der Waals surface area (Å²) in [6.07, 6.45) is 1.64. The number of nitrogens with two attached hydrogens (primary N) is 1. The molecule has 94 valence electrons. The minimum absolute atomic E-state index is 0.167. The second kappa shape index (κ2) is 5.57. The Bertz CT molecular complexity index is 558. The van der Waals surface area contributed by atoms with Gasteiger partial charge in [-0.3, -0.25) is 0 Å². The van der Waals surface area contributed by atoms with E-state index in [9.17, 15) is 0 Å². The van der Waals surface area contributed by atoms with E-state index in [2.05, 4.69) is 4.98 Å². The molecule has 1 aromatic carbocycles. The molecule has 0 spiro atoms. The van der Waals surface area contributed by atoms with E-state index in [0.29, 0.717) is 21.7 Å². The molecule has 2 N–H and O–H groups in total. The van der Waals surface area contributed by atoms with E-state index < -0.39 is 0 Å². The van der Waals surface area contributed by atoms with Crippen molar-refractivity contribution >= 4 is 23.2 Å². The van der Waals surface area contributed by atoms with Gasteiger partial charge in [0.25, 0.3) is 0 Å². The Kier molecular flexibility index (Phi) is 4.07. The Labute approximate surface area is 115 Å².